The molecule has 0 aliphatic carbocycles. The monoisotopic (exact) mass is 373 g/mol. The number of amides is 1. The summed E-state index contributed by atoms with van der Waals surface area (Å²) in [4.78, 5) is 13.4. The topological polar surface area (TPSA) is 68.0 Å². The molecule has 1 N–H and O–H groups in total. The van der Waals surface area contributed by atoms with Crippen molar-refractivity contribution in [1.29, 1.82) is 0 Å². The van der Waals surface area contributed by atoms with Gasteiger partial charge in [-0.1, -0.05) is 36.6 Å². The van der Waals surface area contributed by atoms with Gasteiger partial charge < -0.3 is 4.42 Å². The molecule has 5 nitrogen and oxygen atoms in total. The fraction of sp³-hybridized carbons (Fsp3) is 0.167. The molecule has 0 aliphatic rings. The Morgan fingerprint density at radius 1 is 1.16 bits per heavy atom. The molecule has 0 atom stereocenters. The van der Waals surface area contributed by atoms with Gasteiger partial charge in [-0.15, -0.1) is 16.9 Å². The van der Waals surface area contributed by atoms with E-state index in [9.17, 15) is 4.79 Å². The molecule has 0 unspecified atom stereocenters. The Hall–Kier alpha value is -2.31. The first-order chi connectivity index (χ1) is 12.0. The SMILES string of the molecule is CC(C)Sc1ccc(C(=O)Nc2nnc(-c3cccc(Cl)c3)o2)cc1. The molecule has 7 heteroatoms. The highest BCUT2D eigenvalue weighted by molar-refractivity contribution is 7.99. The molecular formula is C18H16ClN3O2S. The lowest BCUT2D eigenvalue weighted by atomic mass is 10.2. The Kier molecular flexibility index (Phi) is 5.40. The molecule has 1 heterocycles. The molecule has 25 heavy (non-hydrogen) atoms. The van der Waals surface area contributed by atoms with Crippen molar-refractivity contribution in [3.63, 3.8) is 0 Å². The first kappa shape index (κ1) is 17.5. The smallest absolute Gasteiger partial charge is 0.322 e. The summed E-state index contributed by atoms with van der Waals surface area (Å²) in [6, 6.07) is 14.5. The molecule has 2 aromatic carbocycles. The molecule has 0 fully saturated rings. The van der Waals surface area contributed by atoms with E-state index in [4.69, 9.17) is 16.0 Å². The fourth-order valence-corrected chi connectivity index (χ4v) is 3.17. The second-order valence-corrected chi connectivity index (χ2v) is 7.65. The molecule has 3 aromatic rings. The summed E-state index contributed by atoms with van der Waals surface area (Å²) in [6.45, 7) is 4.25. The van der Waals surface area contributed by atoms with Crippen LogP contribution in [0.2, 0.25) is 5.02 Å². The van der Waals surface area contributed by atoms with Crippen LogP contribution in [0.5, 0.6) is 0 Å². The number of rotatable bonds is 5. The van der Waals surface area contributed by atoms with Gasteiger partial charge in [0.15, 0.2) is 0 Å². The molecule has 1 aromatic heterocycles. The van der Waals surface area contributed by atoms with E-state index in [1.807, 2.05) is 12.1 Å². The maximum Gasteiger partial charge on any atom is 0.322 e. The number of benzene rings is 2. The van der Waals surface area contributed by atoms with E-state index in [2.05, 4.69) is 29.4 Å². The number of nitrogens with zero attached hydrogens (tertiary/aromatic N) is 2. The van der Waals surface area contributed by atoms with Crippen molar-refractivity contribution < 1.29 is 9.21 Å². The Balaban J connectivity index is 1.69. The minimum atomic E-state index is -0.303. The molecule has 0 spiro atoms. The van der Waals surface area contributed by atoms with Crippen LogP contribution in [0.1, 0.15) is 24.2 Å². The van der Waals surface area contributed by atoms with E-state index < -0.39 is 0 Å². The number of hydrogen-bond donors (Lipinski definition) is 1. The lowest BCUT2D eigenvalue weighted by Crippen LogP contribution is -2.11. The van der Waals surface area contributed by atoms with Crippen LogP contribution in [0.4, 0.5) is 6.01 Å². The Morgan fingerprint density at radius 2 is 1.92 bits per heavy atom. The van der Waals surface area contributed by atoms with Gasteiger partial charge in [-0.2, -0.15) is 0 Å². The van der Waals surface area contributed by atoms with Gasteiger partial charge in [-0.3, -0.25) is 10.1 Å². The maximum atomic E-state index is 12.3. The minimum Gasteiger partial charge on any atom is -0.403 e. The highest BCUT2D eigenvalue weighted by Crippen LogP contribution is 2.24. The van der Waals surface area contributed by atoms with Crippen LogP contribution < -0.4 is 5.32 Å². The highest BCUT2D eigenvalue weighted by atomic mass is 35.5. The number of thioether (sulfide) groups is 1. The Morgan fingerprint density at radius 3 is 2.60 bits per heavy atom. The summed E-state index contributed by atoms with van der Waals surface area (Å²) in [6.07, 6.45) is 0. The predicted octanol–water partition coefficient (Wildman–Crippen LogP) is 5.14. The third-order valence-electron chi connectivity index (χ3n) is 3.21. The molecule has 0 radical (unpaired) electrons. The predicted molar refractivity (Wildman–Crippen MR) is 100 cm³/mol. The molecule has 0 aliphatic heterocycles. The van der Waals surface area contributed by atoms with Crippen molar-refractivity contribution in [2.24, 2.45) is 0 Å². The molecule has 128 valence electrons. The van der Waals surface area contributed by atoms with Crippen molar-refractivity contribution in [3.8, 4) is 11.5 Å². The summed E-state index contributed by atoms with van der Waals surface area (Å²) in [5, 5.41) is 11.4. The normalized spacial score (nSPS) is 10.9. The van der Waals surface area contributed by atoms with Crippen molar-refractivity contribution >= 4 is 35.3 Å². The van der Waals surface area contributed by atoms with Crippen molar-refractivity contribution in [2.75, 3.05) is 5.32 Å². The molecular weight excluding hydrogens is 358 g/mol. The van der Waals surface area contributed by atoms with Gasteiger partial charge in [0, 0.05) is 26.3 Å². The zero-order valence-corrected chi connectivity index (χ0v) is 15.3. The molecule has 3 rings (SSSR count). The lowest BCUT2D eigenvalue weighted by Gasteiger charge is -2.05. The van der Waals surface area contributed by atoms with Crippen molar-refractivity contribution in [3.05, 3.63) is 59.1 Å². The van der Waals surface area contributed by atoms with Gasteiger partial charge in [0.05, 0.1) is 0 Å². The minimum absolute atomic E-state index is 0.0422. The Bertz CT molecular complexity index is 878. The van der Waals surface area contributed by atoms with Gasteiger partial charge in [-0.05, 0) is 42.5 Å². The van der Waals surface area contributed by atoms with Crippen LogP contribution >= 0.6 is 23.4 Å². The van der Waals surface area contributed by atoms with E-state index in [-0.39, 0.29) is 11.9 Å². The van der Waals surface area contributed by atoms with E-state index in [0.29, 0.717) is 27.3 Å². The summed E-state index contributed by atoms with van der Waals surface area (Å²) >= 11 is 7.69. The second-order valence-electron chi connectivity index (χ2n) is 5.57. The quantitative estimate of drug-likeness (QED) is 0.627. The van der Waals surface area contributed by atoms with Gasteiger partial charge in [0.2, 0.25) is 5.89 Å². The van der Waals surface area contributed by atoms with E-state index in [1.54, 1.807) is 48.2 Å². The highest BCUT2D eigenvalue weighted by Gasteiger charge is 2.13. The average molecular weight is 374 g/mol. The van der Waals surface area contributed by atoms with E-state index in [1.165, 1.54) is 0 Å². The lowest BCUT2D eigenvalue weighted by molar-refractivity contribution is 0.102. The molecule has 0 saturated heterocycles. The van der Waals surface area contributed by atoms with Crippen molar-refractivity contribution in [1.82, 2.24) is 10.2 Å². The van der Waals surface area contributed by atoms with Gasteiger partial charge in [0.25, 0.3) is 5.91 Å². The van der Waals surface area contributed by atoms with Crippen LogP contribution in [0.3, 0.4) is 0 Å². The fourth-order valence-electron chi connectivity index (χ4n) is 2.14. The van der Waals surface area contributed by atoms with Crippen LogP contribution in [-0.4, -0.2) is 21.4 Å². The zero-order chi connectivity index (χ0) is 17.8. The van der Waals surface area contributed by atoms with Crippen LogP contribution in [0, 0.1) is 0 Å². The number of halogens is 1. The van der Waals surface area contributed by atoms with Crippen LogP contribution in [0.15, 0.2) is 57.8 Å². The van der Waals surface area contributed by atoms with Gasteiger partial charge in [0.1, 0.15) is 0 Å². The summed E-state index contributed by atoms with van der Waals surface area (Å²) in [7, 11) is 0. The number of aromatic nitrogens is 2. The summed E-state index contributed by atoms with van der Waals surface area (Å²) < 4.78 is 5.48. The molecule has 0 saturated carbocycles. The van der Waals surface area contributed by atoms with Gasteiger partial charge in [-0.25, -0.2) is 0 Å². The number of nitrogens with one attached hydrogen (secondary N) is 1. The number of carbonyl (C=O) groups is 1. The first-order valence-corrected chi connectivity index (χ1v) is 8.94. The number of carbonyl (C=O) groups excluding carboxylic acids is 1. The third kappa shape index (κ3) is 4.61. The number of anilines is 1. The first-order valence-electron chi connectivity index (χ1n) is 7.69. The molecule has 1 amide bonds. The average Bonchev–Trinajstić information content (AvgIpc) is 3.03. The third-order valence-corrected chi connectivity index (χ3v) is 4.46. The van der Waals surface area contributed by atoms with Crippen molar-refractivity contribution in [2.45, 2.75) is 24.0 Å². The van der Waals surface area contributed by atoms with Gasteiger partial charge >= 0.3 is 6.01 Å². The van der Waals surface area contributed by atoms with Crippen LogP contribution in [0.25, 0.3) is 11.5 Å². The Labute approximate surface area is 154 Å². The van der Waals surface area contributed by atoms with E-state index >= 15 is 0 Å². The number of hydrogen-bond acceptors (Lipinski definition) is 5. The standard InChI is InChI=1S/C18H16ClN3O2S/c1-11(2)25-15-8-6-12(7-9-15)16(23)20-18-22-21-17(24-18)13-4-3-5-14(19)10-13/h3-11H,1-2H3,(H,20,22,23). The summed E-state index contributed by atoms with van der Waals surface area (Å²) in [5.41, 5.74) is 1.21. The van der Waals surface area contributed by atoms with E-state index in [0.717, 1.165) is 4.90 Å². The van der Waals surface area contributed by atoms with Crippen LogP contribution in [-0.2, 0) is 0 Å². The molecule has 0 bridgehead atoms. The zero-order valence-electron chi connectivity index (χ0n) is 13.7. The summed E-state index contributed by atoms with van der Waals surface area (Å²) in [5.74, 6) is -0.0103. The second kappa shape index (κ2) is 7.72. The maximum absolute atomic E-state index is 12.3. The largest absolute Gasteiger partial charge is 0.403 e.